The zero-order chi connectivity index (χ0) is 12.4. The Kier molecular flexibility index (Phi) is 2.73. The Balaban J connectivity index is 2.44. The molecule has 0 spiro atoms. The van der Waals surface area contributed by atoms with Gasteiger partial charge in [0.1, 0.15) is 11.6 Å². The van der Waals surface area contributed by atoms with Crippen molar-refractivity contribution in [2.75, 3.05) is 12.4 Å². The highest BCUT2D eigenvalue weighted by Crippen LogP contribution is 2.10. The maximum absolute atomic E-state index is 11.0. The molecule has 0 saturated heterocycles. The molecule has 0 unspecified atom stereocenters. The number of carbonyl (C=O) groups is 1. The number of nitrogens with zero attached hydrogens (tertiary/aromatic N) is 4. The normalized spacial score (nSPS) is 10.2. The summed E-state index contributed by atoms with van der Waals surface area (Å²) in [6, 6.07) is 1.73. The van der Waals surface area contributed by atoms with Crippen LogP contribution in [0.3, 0.4) is 0 Å². The molecule has 0 aliphatic carbocycles. The SMILES string of the molecule is CNc1cc(-n2cc(C(N)=O)cn2)nc(C)n1. The molecule has 2 aromatic rings. The van der Waals surface area contributed by atoms with Gasteiger partial charge in [-0.25, -0.2) is 14.6 Å². The second kappa shape index (κ2) is 4.20. The van der Waals surface area contributed by atoms with E-state index in [2.05, 4.69) is 20.4 Å². The molecule has 0 saturated carbocycles. The number of amides is 1. The van der Waals surface area contributed by atoms with Crippen LogP contribution in [0, 0.1) is 6.92 Å². The predicted molar refractivity (Wildman–Crippen MR) is 62.0 cm³/mol. The van der Waals surface area contributed by atoms with Gasteiger partial charge < -0.3 is 11.1 Å². The molecular formula is C10H12N6O. The summed E-state index contributed by atoms with van der Waals surface area (Å²) in [6.45, 7) is 1.78. The number of aryl methyl sites for hydroxylation is 1. The maximum atomic E-state index is 11.0. The van der Waals surface area contributed by atoms with Gasteiger partial charge in [0.15, 0.2) is 5.82 Å². The standard InChI is InChI=1S/C10H12N6O/c1-6-14-8(12-2)3-9(15-6)16-5-7(4-13-16)10(11)17/h3-5H,1-2H3,(H2,11,17)(H,12,14,15). The number of hydrogen-bond acceptors (Lipinski definition) is 5. The van der Waals surface area contributed by atoms with E-state index in [0.717, 1.165) is 0 Å². The quantitative estimate of drug-likeness (QED) is 0.782. The highest BCUT2D eigenvalue weighted by atomic mass is 16.1. The molecule has 0 atom stereocenters. The average Bonchev–Trinajstić information content (AvgIpc) is 2.77. The fourth-order valence-electron chi connectivity index (χ4n) is 1.37. The molecule has 1 amide bonds. The first-order valence-corrected chi connectivity index (χ1v) is 4.98. The Morgan fingerprint density at radius 2 is 2.24 bits per heavy atom. The molecule has 7 nitrogen and oxygen atoms in total. The van der Waals surface area contributed by atoms with Gasteiger partial charge in [0.2, 0.25) is 0 Å². The van der Waals surface area contributed by atoms with Gasteiger partial charge in [-0.3, -0.25) is 4.79 Å². The van der Waals surface area contributed by atoms with Crippen LogP contribution in [0.1, 0.15) is 16.2 Å². The summed E-state index contributed by atoms with van der Waals surface area (Å²) in [4.78, 5) is 19.3. The van der Waals surface area contributed by atoms with Gasteiger partial charge in [-0.05, 0) is 6.92 Å². The van der Waals surface area contributed by atoms with Gasteiger partial charge in [0, 0.05) is 19.3 Å². The number of primary amides is 1. The van der Waals surface area contributed by atoms with Crippen LogP contribution in [0.4, 0.5) is 5.82 Å². The minimum atomic E-state index is -0.518. The van der Waals surface area contributed by atoms with Crippen LogP contribution in [-0.2, 0) is 0 Å². The van der Waals surface area contributed by atoms with E-state index in [-0.39, 0.29) is 0 Å². The molecule has 0 aromatic carbocycles. The van der Waals surface area contributed by atoms with Crippen molar-refractivity contribution in [2.45, 2.75) is 6.92 Å². The lowest BCUT2D eigenvalue weighted by molar-refractivity contribution is 0.100. The van der Waals surface area contributed by atoms with Crippen LogP contribution < -0.4 is 11.1 Å². The van der Waals surface area contributed by atoms with Crippen molar-refractivity contribution in [3.63, 3.8) is 0 Å². The van der Waals surface area contributed by atoms with Crippen LogP contribution in [0.5, 0.6) is 0 Å². The molecule has 2 rings (SSSR count). The molecule has 2 aromatic heterocycles. The van der Waals surface area contributed by atoms with Crippen molar-refractivity contribution < 1.29 is 4.79 Å². The van der Waals surface area contributed by atoms with E-state index in [1.807, 2.05) is 0 Å². The summed E-state index contributed by atoms with van der Waals surface area (Å²) in [6.07, 6.45) is 2.93. The number of hydrogen-bond donors (Lipinski definition) is 2. The van der Waals surface area contributed by atoms with Crippen molar-refractivity contribution in [3.8, 4) is 5.82 Å². The second-order valence-corrected chi connectivity index (χ2v) is 3.45. The first kappa shape index (κ1) is 11.1. The average molecular weight is 232 g/mol. The minimum Gasteiger partial charge on any atom is -0.373 e. The third-order valence-corrected chi connectivity index (χ3v) is 2.18. The van der Waals surface area contributed by atoms with Gasteiger partial charge in [-0.1, -0.05) is 0 Å². The van der Waals surface area contributed by atoms with E-state index in [0.29, 0.717) is 23.0 Å². The maximum Gasteiger partial charge on any atom is 0.251 e. The van der Waals surface area contributed by atoms with Crippen LogP contribution in [0.2, 0.25) is 0 Å². The lowest BCUT2D eigenvalue weighted by Gasteiger charge is -2.04. The zero-order valence-corrected chi connectivity index (χ0v) is 9.51. The van der Waals surface area contributed by atoms with Gasteiger partial charge >= 0.3 is 0 Å². The zero-order valence-electron chi connectivity index (χ0n) is 9.51. The number of nitrogens with one attached hydrogen (secondary N) is 1. The first-order valence-electron chi connectivity index (χ1n) is 4.98. The van der Waals surface area contributed by atoms with Crippen LogP contribution in [0.25, 0.3) is 5.82 Å². The van der Waals surface area contributed by atoms with Gasteiger partial charge in [-0.2, -0.15) is 5.10 Å². The van der Waals surface area contributed by atoms with Crippen LogP contribution in [-0.4, -0.2) is 32.7 Å². The largest absolute Gasteiger partial charge is 0.373 e. The minimum absolute atomic E-state index is 0.340. The number of carbonyl (C=O) groups excluding carboxylic acids is 1. The third-order valence-electron chi connectivity index (χ3n) is 2.18. The predicted octanol–water partition coefficient (Wildman–Crippen LogP) is 0.111. The summed E-state index contributed by atoms with van der Waals surface area (Å²) in [5.74, 6) is 1.36. The Labute approximate surface area is 97.7 Å². The highest BCUT2D eigenvalue weighted by molar-refractivity contribution is 5.92. The topological polar surface area (TPSA) is 98.7 Å². The Bertz CT molecular complexity index is 562. The number of aromatic nitrogens is 4. The highest BCUT2D eigenvalue weighted by Gasteiger charge is 2.07. The summed E-state index contributed by atoms with van der Waals surface area (Å²) in [5, 5.41) is 6.95. The summed E-state index contributed by atoms with van der Waals surface area (Å²) in [5.41, 5.74) is 5.49. The molecule has 2 heterocycles. The number of rotatable bonds is 3. The summed E-state index contributed by atoms with van der Waals surface area (Å²) >= 11 is 0. The monoisotopic (exact) mass is 232 g/mol. The molecule has 0 aliphatic heterocycles. The van der Waals surface area contributed by atoms with Crippen LogP contribution >= 0.6 is 0 Å². The Morgan fingerprint density at radius 1 is 1.47 bits per heavy atom. The van der Waals surface area contributed by atoms with E-state index >= 15 is 0 Å². The van der Waals surface area contributed by atoms with E-state index in [4.69, 9.17) is 5.73 Å². The van der Waals surface area contributed by atoms with Crippen molar-refractivity contribution in [1.82, 2.24) is 19.7 Å². The number of nitrogens with two attached hydrogens (primary N) is 1. The molecule has 7 heteroatoms. The molecule has 0 aliphatic rings. The molecule has 0 fully saturated rings. The molecular weight excluding hydrogens is 220 g/mol. The van der Waals surface area contributed by atoms with Crippen LogP contribution in [0.15, 0.2) is 18.5 Å². The fourth-order valence-corrected chi connectivity index (χ4v) is 1.37. The second-order valence-electron chi connectivity index (χ2n) is 3.45. The lowest BCUT2D eigenvalue weighted by Crippen LogP contribution is -2.09. The molecule has 88 valence electrons. The molecule has 17 heavy (non-hydrogen) atoms. The third kappa shape index (κ3) is 2.22. The number of anilines is 1. The fraction of sp³-hybridized carbons (Fsp3) is 0.200. The van der Waals surface area contributed by atoms with E-state index in [1.165, 1.54) is 17.1 Å². The molecule has 0 bridgehead atoms. The lowest BCUT2D eigenvalue weighted by atomic mass is 10.3. The first-order chi connectivity index (χ1) is 8.10. The Hall–Kier alpha value is -2.44. The van der Waals surface area contributed by atoms with Crippen molar-refractivity contribution in [3.05, 3.63) is 29.8 Å². The van der Waals surface area contributed by atoms with Crippen molar-refractivity contribution >= 4 is 11.7 Å². The van der Waals surface area contributed by atoms with Gasteiger partial charge in [0.25, 0.3) is 5.91 Å². The summed E-state index contributed by atoms with van der Waals surface area (Å²) < 4.78 is 1.48. The summed E-state index contributed by atoms with van der Waals surface area (Å²) in [7, 11) is 1.77. The van der Waals surface area contributed by atoms with Gasteiger partial charge in [0.05, 0.1) is 11.8 Å². The van der Waals surface area contributed by atoms with E-state index in [1.54, 1.807) is 20.0 Å². The molecule has 0 radical (unpaired) electrons. The van der Waals surface area contributed by atoms with Crippen molar-refractivity contribution in [1.29, 1.82) is 0 Å². The van der Waals surface area contributed by atoms with E-state index < -0.39 is 5.91 Å². The Morgan fingerprint density at radius 3 is 2.82 bits per heavy atom. The molecule has 3 N–H and O–H groups in total. The smallest absolute Gasteiger partial charge is 0.251 e. The van der Waals surface area contributed by atoms with Gasteiger partial charge in [-0.15, -0.1) is 0 Å². The van der Waals surface area contributed by atoms with E-state index in [9.17, 15) is 4.79 Å². The van der Waals surface area contributed by atoms with Crippen molar-refractivity contribution in [2.24, 2.45) is 5.73 Å².